The summed E-state index contributed by atoms with van der Waals surface area (Å²) in [6.45, 7) is 0. The molecule has 2 aromatic carbocycles. The number of hydrogen-bond donors (Lipinski definition) is 0. The number of halogens is 3. The van der Waals surface area contributed by atoms with Crippen molar-refractivity contribution < 1.29 is 4.74 Å². The minimum atomic E-state index is 0.196. The van der Waals surface area contributed by atoms with E-state index < -0.39 is 0 Å². The summed E-state index contributed by atoms with van der Waals surface area (Å²) in [5.41, 5.74) is 2.21. The molecule has 0 bridgehead atoms. The average Bonchev–Trinajstić information content (AvgIpc) is 2.46. The van der Waals surface area contributed by atoms with Crippen LogP contribution in [0.25, 0.3) is 0 Å². The summed E-state index contributed by atoms with van der Waals surface area (Å²) in [7, 11) is 1.66. The van der Waals surface area contributed by atoms with Gasteiger partial charge in [0.1, 0.15) is 5.75 Å². The topological polar surface area (TPSA) is 9.23 Å². The van der Waals surface area contributed by atoms with Crippen LogP contribution in [0.4, 0.5) is 0 Å². The molecule has 1 atom stereocenters. The molecule has 106 valence electrons. The van der Waals surface area contributed by atoms with Crippen molar-refractivity contribution in [1.82, 2.24) is 0 Å². The molecule has 0 saturated heterocycles. The lowest BCUT2D eigenvalue weighted by atomic mass is 9.93. The molecule has 0 fully saturated rings. The van der Waals surface area contributed by atoms with E-state index in [9.17, 15) is 0 Å². The Morgan fingerprint density at radius 3 is 2.25 bits per heavy atom. The summed E-state index contributed by atoms with van der Waals surface area (Å²) in [6.07, 6.45) is 0.773. The molecule has 2 aromatic rings. The van der Waals surface area contributed by atoms with Crippen LogP contribution in [0.1, 0.15) is 17.0 Å². The Morgan fingerprint density at radius 2 is 1.65 bits per heavy atom. The van der Waals surface area contributed by atoms with Crippen molar-refractivity contribution in [2.75, 3.05) is 13.0 Å². The normalized spacial score (nSPS) is 12.2. The fourth-order valence-corrected chi connectivity index (χ4v) is 2.78. The van der Waals surface area contributed by atoms with E-state index in [2.05, 4.69) is 0 Å². The van der Waals surface area contributed by atoms with Crippen molar-refractivity contribution in [3.8, 4) is 5.75 Å². The minimum absolute atomic E-state index is 0.196. The molecular formula is C16H15Cl3O. The first kappa shape index (κ1) is 15.5. The third-order valence-electron chi connectivity index (χ3n) is 3.24. The van der Waals surface area contributed by atoms with Crippen molar-refractivity contribution in [3.05, 3.63) is 63.6 Å². The summed E-state index contributed by atoms with van der Waals surface area (Å²) in [5, 5.41) is 1.42. The molecule has 4 heteroatoms. The molecule has 0 aromatic heterocycles. The highest BCUT2D eigenvalue weighted by Gasteiger charge is 2.14. The van der Waals surface area contributed by atoms with Crippen LogP contribution >= 0.6 is 34.8 Å². The van der Waals surface area contributed by atoms with Crippen LogP contribution in [0.5, 0.6) is 5.75 Å². The molecule has 2 rings (SSSR count). The van der Waals surface area contributed by atoms with E-state index >= 15 is 0 Å². The molecular weight excluding hydrogens is 315 g/mol. The van der Waals surface area contributed by atoms with Gasteiger partial charge in [-0.05, 0) is 47.9 Å². The number of alkyl halides is 1. The second-order valence-electron chi connectivity index (χ2n) is 4.56. The largest absolute Gasteiger partial charge is 0.496 e. The molecule has 0 heterocycles. The summed E-state index contributed by atoms with van der Waals surface area (Å²) in [4.78, 5) is 0. The van der Waals surface area contributed by atoms with E-state index in [-0.39, 0.29) is 5.92 Å². The van der Waals surface area contributed by atoms with Crippen LogP contribution in [-0.4, -0.2) is 13.0 Å². The molecule has 0 radical (unpaired) electrons. The molecule has 0 aliphatic carbocycles. The SMILES string of the molecule is COc1ccc(Cl)cc1CC(CCl)c1ccc(Cl)cc1. The first-order chi connectivity index (χ1) is 9.63. The maximum atomic E-state index is 6.12. The van der Waals surface area contributed by atoms with Crippen molar-refractivity contribution in [1.29, 1.82) is 0 Å². The van der Waals surface area contributed by atoms with E-state index in [4.69, 9.17) is 39.5 Å². The zero-order valence-electron chi connectivity index (χ0n) is 11.1. The Hall–Kier alpha value is -0.890. The number of methoxy groups -OCH3 is 1. The first-order valence-electron chi connectivity index (χ1n) is 6.28. The predicted octanol–water partition coefficient (Wildman–Crippen LogP) is 5.57. The molecule has 0 N–H and O–H groups in total. The Balaban J connectivity index is 2.26. The van der Waals surface area contributed by atoms with E-state index in [0.29, 0.717) is 10.9 Å². The van der Waals surface area contributed by atoms with Crippen LogP contribution in [0.15, 0.2) is 42.5 Å². The number of hydrogen-bond acceptors (Lipinski definition) is 1. The first-order valence-corrected chi connectivity index (χ1v) is 7.57. The Kier molecular flexibility index (Phi) is 5.59. The van der Waals surface area contributed by atoms with Gasteiger partial charge in [0, 0.05) is 21.8 Å². The van der Waals surface area contributed by atoms with Gasteiger partial charge in [-0.15, -0.1) is 11.6 Å². The van der Waals surface area contributed by atoms with Gasteiger partial charge in [-0.2, -0.15) is 0 Å². The Bertz CT molecular complexity index is 566. The van der Waals surface area contributed by atoms with Gasteiger partial charge in [0.25, 0.3) is 0 Å². The lowest BCUT2D eigenvalue weighted by molar-refractivity contribution is 0.408. The monoisotopic (exact) mass is 328 g/mol. The molecule has 0 aliphatic heterocycles. The van der Waals surface area contributed by atoms with Gasteiger partial charge in [-0.25, -0.2) is 0 Å². The van der Waals surface area contributed by atoms with Crippen LogP contribution in [0.2, 0.25) is 10.0 Å². The maximum absolute atomic E-state index is 6.12. The predicted molar refractivity (Wildman–Crippen MR) is 86.6 cm³/mol. The molecule has 20 heavy (non-hydrogen) atoms. The van der Waals surface area contributed by atoms with Crippen molar-refractivity contribution in [3.63, 3.8) is 0 Å². The smallest absolute Gasteiger partial charge is 0.122 e. The molecule has 0 aliphatic rings. The van der Waals surface area contributed by atoms with Gasteiger partial charge in [0.05, 0.1) is 7.11 Å². The van der Waals surface area contributed by atoms with Crippen molar-refractivity contribution in [2.45, 2.75) is 12.3 Å². The fraction of sp³-hybridized carbons (Fsp3) is 0.250. The molecule has 1 nitrogen and oxygen atoms in total. The zero-order valence-corrected chi connectivity index (χ0v) is 13.3. The molecule has 0 amide bonds. The van der Waals surface area contributed by atoms with Crippen LogP contribution in [0, 0.1) is 0 Å². The second kappa shape index (κ2) is 7.21. The quantitative estimate of drug-likeness (QED) is 0.652. The van der Waals surface area contributed by atoms with Crippen LogP contribution in [-0.2, 0) is 6.42 Å². The second-order valence-corrected chi connectivity index (χ2v) is 5.74. The third-order valence-corrected chi connectivity index (χ3v) is 4.10. The van der Waals surface area contributed by atoms with Gasteiger partial charge >= 0.3 is 0 Å². The summed E-state index contributed by atoms with van der Waals surface area (Å²) in [6, 6.07) is 13.4. The van der Waals surface area contributed by atoms with E-state index in [1.54, 1.807) is 7.11 Å². The van der Waals surface area contributed by atoms with Crippen LogP contribution in [0.3, 0.4) is 0 Å². The van der Waals surface area contributed by atoms with E-state index in [1.165, 1.54) is 0 Å². The van der Waals surface area contributed by atoms with Crippen molar-refractivity contribution in [2.24, 2.45) is 0 Å². The average molecular weight is 330 g/mol. The molecule has 0 spiro atoms. The highest BCUT2D eigenvalue weighted by molar-refractivity contribution is 6.30. The number of ether oxygens (including phenoxy) is 1. The Labute approximate surface area is 134 Å². The zero-order chi connectivity index (χ0) is 14.5. The standard InChI is InChI=1S/C16H15Cl3O/c1-20-16-7-6-15(19)9-12(16)8-13(10-17)11-2-4-14(18)5-3-11/h2-7,9,13H,8,10H2,1H3. The van der Waals surface area contributed by atoms with Crippen LogP contribution < -0.4 is 4.74 Å². The lowest BCUT2D eigenvalue weighted by Crippen LogP contribution is -2.06. The third kappa shape index (κ3) is 3.82. The highest BCUT2D eigenvalue weighted by Crippen LogP contribution is 2.30. The Morgan fingerprint density at radius 1 is 1.00 bits per heavy atom. The summed E-state index contributed by atoms with van der Waals surface area (Å²) < 4.78 is 5.38. The summed E-state index contributed by atoms with van der Waals surface area (Å²) in [5.74, 6) is 1.55. The van der Waals surface area contributed by atoms with Gasteiger partial charge in [-0.1, -0.05) is 35.3 Å². The highest BCUT2D eigenvalue weighted by atomic mass is 35.5. The lowest BCUT2D eigenvalue weighted by Gasteiger charge is -2.17. The van der Waals surface area contributed by atoms with Crippen molar-refractivity contribution >= 4 is 34.8 Å². The van der Waals surface area contributed by atoms with Gasteiger partial charge in [0.2, 0.25) is 0 Å². The van der Waals surface area contributed by atoms with Gasteiger partial charge in [0.15, 0.2) is 0 Å². The molecule has 0 saturated carbocycles. The summed E-state index contributed by atoms with van der Waals surface area (Å²) >= 11 is 18.1. The number of benzene rings is 2. The fourth-order valence-electron chi connectivity index (χ4n) is 2.17. The minimum Gasteiger partial charge on any atom is -0.496 e. The maximum Gasteiger partial charge on any atom is 0.122 e. The van der Waals surface area contributed by atoms with Gasteiger partial charge < -0.3 is 4.74 Å². The molecule has 1 unspecified atom stereocenters. The van der Waals surface area contributed by atoms with E-state index in [0.717, 1.165) is 28.3 Å². The van der Waals surface area contributed by atoms with E-state index in [1.807, 2.05) is 42.5 Å². The van der Waals surface area contributed by atoms with Gasteiger partial charge in [-0.3, -0.25) is 0 Å². The number of rotatable bonds is 5.